The molecule has 0 aromatic rings. The Labute approximate surface area is 66.7 Å². The summed E-state index contributed by atoms with van der Waals surface area (Å²) in [5.41, 5.74) is 0. The lowest BCUT2D eigenvalue weighted by molar-refractivity contribution is 0.0811. The maximum Gasteiger partial charge on any atom is 0.0752 e. The Bertz CT molecular complexity index is 153. The van der Waals surface area contributed by atoms with Crippen molar-refractivity contribution in [2.24, 2.45) is 5.84 Å². The van der Waals surface area contributed by atoms with Gasteiger partial charge in [-0.2, -0.15) is 0 Å². The Morgan fingerprint density at radius 2 is 2.36 bits per heavy atom. The molecule has 3 atom stereocenters. The van der Waals surface area contributed by atoms with Crippen molar-refractivity contribution in [2.45, 2.75) is 24.6 Å². The van der Waals surface area contributed by atoms with Crippen LogP contribution in [-0.2, 0) is 4.74 Å². The van der Waals surface area contributed by atoms with E-state index in [1.165, 1.54) is 0 Å². The van der Waals surface area contributed by atoms with Gasteiger partial charge in [-0.15, -0.1) is 0 Å². The molecular formula is C7H15N3O. The van der Waals surface area contributed by atoms with E-state index in [1.54, 1.807) is 7.11 Å². The molecule has 2 saturated heterocycles. The van der Waals surface area contributed by atoms with E-state index in [9.17, 15) is 0 Å². The number of piperazine rings is 1. The van der Waals surface area contributed by atoms with Crippen molar-refractivity contribution in [1.82, 2.24) is 10.3 Å². The van der Waals surface area contributed by atoms with Crippen molar-refractivity contribution in [1.29, 1.82) is 0 Å². The number of ether oxygens (including phenoxy) is 1. The first-order valence-corrected chi connectivity index (χ1v) is 4.08. The fourth-order valence-corrected chi connectivity index (χ4v) is 2.09. The number of nitrogens with one attached hydrogen (secondary N) is 1. The van der Waals surface area contributed by atoms with Gasteiger partial charge in [-0.25, -0.2) is 5.01 Å². The molecule has 3 N–H and O–H groups in total. The van der Waals surface area contributed by atoms with Crippen molar-refractivity contribution in [3.63, 3.8) is 0 Å². The highest BCUT2D eigenvalue weighted by Gasteiger charge is 2.38. The van der Waals surface area contributed by atoms with E-state index in [0.717, 1.165) is 19.5 Å². The molecule has 0 saturated carbocycles. The third kappa shape index (κ3) is 1.27. The van der Waals surface area contributed by atoms with Crippen LogP contribution in [0.15, 0.2) is 0 Å². The zero-order chi connectivity index (χ0) is 7.84. The number of nitrogens with zero attached hydrogens (tertiary/aromatic N) is 1. The van der Waals surface area contributed by atoms with E-state index in [-0.39, 0.29) is 0 Å². The van der Waals surface area contributed by atoms with Crippen molar-refractivity contribution in [3.8, 4) is 0 Å². The summed E-state index contributed by atoms with van der Waals surface area (Å²) in [6.07, 6.45) is 1.48. The molecule has 2 aliphatic rings. The molecule has 2 heterocycles. The molecule has 64 valence electrons. The van der Waals surface area contributed by atoms with Crippen LogP contribution in [0.25, 0.3) is 0 Å². The minimum absolute atomic E-state index is 0.369. The van der Waals surface area contributed by atoms with E-state index in [0.29, 0.717) is 18.2 Å². The molecule has 0 aromatic heterocycles. The molecule has 0 unspecified atom stereocenters. The number of rotatable bonds is 1. The monoisotopic (exact) mass is 157 g/mol. The normalized spacial score (nSPS) is 44.7. The molecule has 2 fully saturated rings. The molecule has 2 aliphatic heterocycles. The summed E-state index contributed by atoms with van der Waals surface area (Å²) in [6.45, 7) is 1.87. The largest absolute Gasteiger partial charge is 0.380 e. The van der Waals surface area contributed by atoms with E-state index < -0.39 is 0 Å². The Morgan fingerprint density at radius 3 is 3.09 bits per heavy atom. The molecule has 0 aliphatic carbocycles. The Balaban J connectivity index is 2.02. The van der Waals surface area contributed by atoms with Crippen molar-refractivity contribution < 1.29 is 4.74 Å². The van der Waals surface area contributed by atoms with Gasteiger partial charge in [0.25, 0.3) is 0 Å². The number of nitrogens with two attached hydrogens (primary N) is 1. The second-order valence-corrected chi connectivity index (χ2v) is 3.43. The zero-order valence-corrected chi connectivity index (χ0v) is 6.79. The highest BCUT2D eigenvalue weighted by atomic mass is 16.5. The van der Waals surface area contributed by atoms with Crippen LogP contribution in [0.5, 0.6) is 0 Å². The summed E-state index contributed by atoms with van der Waals surface area (Å²) in [7, 11) is 1.77. The molecule has 0 aromatic carbocycles. The molecule has 11 heavy (non-hydrogen) atoms. The average molecular weight is 157 g/mol. The summed E-state index contributed by atoms with van der Waals surface area (Å²) >= 11 is 0. The lowest BCUT2D eigenvalue weighted by Crippen LogP contribution is -2.55. The topological polar surface area (TPSA) is 50.5 Å². The first-order chi connectivity index (χ1) is 5.29. The van der Waals surface area contributed by atoms with Gasteiger partial charge >= 0.3 is 0 Å². The van der Waals surface area contributed by atoms with Crippen LogP contribution < -0.4 is 11.2 Å². The first-order valence-electron chi connectivity index (χ1n) is 4.08. The van der Waals surface area contributed by atoms with Gasteiger partial charge in [-0.3, -0.25) is 5.84 Å². The maximum absolute atomic E-state index is 5.71. The molecule has 0 amide bonds. The SMILES string of the molecule is CO[C@H]1C[C@@H]2CN(N)C[C@H]1N2. The van der Waals surface area contributed by atoms with Crippen molar-refractivity contribution in [2.75, 3.05) is 20.2 Å². The third-order valence-corrected chi connectivity index (χ3v) is 2.60. The Kier molecular flexibility index (Phi) is 1.85. The van der Waals surface area contributed by atoms with Gasteiger partial charge in [0.05, 0.1) is 6.10 Å². The molecule has 4 nitrogen and oxygen atoms in total. The first kappa shape index (κ1) is 7.49. The lowest BCUT2D eigenvalue weighted by Gasteiger charge is -2.29. The summed E-state index contributed by atoms with van der Waals surface area (Å²) < 4.78 is 5.33. The van der Waals surface area contributed by atoms with Crippen molar-refractivity contribution in [3.05, 3.63) is 0 Å². The minimum Gasteiger partial charge on any atom is -0.380 e. The standard InChI is InChI=1S/C7H15N3O/c1-11-7-2-5-3-10(8)4-6(7)9-5/h5-7,9H,2-4,8H2,1H3/t5-,6-,7+/m1/s1. The zero-order valence-electron chi connectivity index (χ0n) is 6.79. The van der Waals surface area contributed by atoms with Crippen LogP contribution in [-0.4, -0.2) is 43.4 Å². The molecule has 2 rings (SSSR count). The maximum atomic E-state index is 5.71. The van der Waals surface area contributed by atoms with Gasteiger partial charge in [0.2, 0.25) is 0 Å². The summed E-state index contributed by atoms with van der Waals surface area (Å²) in [6, 6.07) is 0.993. The average Bonchev–Trinajstić information content (AvgIpc) is 2.25. The highest BCUT2D eigenvalue weighted by Crippen LogP contribution is 2.20. The Hall–Kier alpha value is -0.160. The number of hydrazine groups is 1. The van der Waals surface area contributed by atoms with Crippen LogP contribution in [0.4, 0.5) is 0 Å². The Morgan fingerprint density at radius 1 is 1.55 bits per heavy atom. The van der Waals surface area contributed by atoms with Gasteiger partial charge < -0.3 is 10.1 Å². The molecular weight excluding hydrogens is 142 g/mol. The van der Waals surface area contributed by atoms with Gasteiger partial charge in [-0.1, -0.05) is 0 Å². The van der Waals surface area contributed by atoms with E-state index in [1.807, 2.05) is 5.01 Å². The minimum atomic E-state index is 0.369. The highest BCUT2D eigenvalue weighted by molar-refractivity contribution is 4.97. The number of methoxy groups -OCH3 is 1. The quantitative estimate of drug-likeness (QED) is 0.475. The summed E-state index contributed by atoms with van der Waals surface area (Å²) in [5, 5.41) is 5.35. The third-order valence-electron chi connectivity index (χ3n) is 2.60. The second-order valence-electron chi connectivity index (χ2n) is 3.43. The van der Waals surface area contributed by atoms with Crippen LogP contribution in [0.2, 0.25) is 0 Å². The van der Waals surface area contributed by atoms with Crippen LogP contribution in [0.3, 0.4) is 0 Å². The molecule has 4 heteroatoms. The number of hydrogen-bond donors (Lipinski definition) is 2. The van der Waals surface area contributed by atoms with Crippen molar-refractivity contribution >= 4 is 0 Å². The second kappa shape index (κ2) is 2.71. The van der Waals surface area contributed by atoms with Gasteiger partial charge in [0.1, 0.15) is 0 Å². The van der Waals surface area contributed by atoms with Gasteiger partial charge in [0.15, 0.2) is 0 Å². The fraction of sp³-hybridized carbons (Fsp3) is 1.00. The fourth-order valence-electron chi connectivity index (χ4n) is 2.09. The van der Waals surface area contributed by atoms with Gasteiger partial charge in [-0.05, 0) is 6.42 Å². The van der Waals surface area contributed by atoms with Gasteiger partial charge in [0, 0.05) is 32.3 Å². The predicted molar refractivity (Wildman–Crippen MR) is 41.9 cm³/mol. The smallest absolute Gasteiger partial charge is 0.0752 e. The number of hydrogen-bond acceptors (Lipinski definition) is 4. The van der Waals surface area contributed by atoms with E-state index >= 15 is 0 Å². The van der Waals surface area contributed by atoms with Crippen LogP contribution in [0.1, 0.15) is 6.42 Å². The van der Waals surface area contributed by atoms with Crippen LogP contribution in [0, 0.1) is 0 Å². The summed E-state index contributed by atoms with van der Waals surface area (Å²) in [5.74, 6) is 5.71. The molecule has 0 radical (unpaired) electrons. The number of fused-ring (bicyclic) bond motifs is 2. The summed E-state index contributed by atoms with van der Waals surface area (Å²) in [4.78, 5) is 0. The molecule has 0 spiro atoms. The van der Waals surface area contributed by atoms with Crippen LogP contribution >= 0.6 is 0 Å². The predicted octanol–water partition coefficient (Wildman–Crippen LogP) is -1.08. The van der Waals surface area contributed by atoms with E-state index in [4.69, 9.17) is 10.6 Å². The van der Waals surface area contributed by atoms with E-state index in [2.05, 4.69) is 5.32 Å². The molecule has 2 bridgehead atoms. The lowest BCUT2D eigenvalue weighted by atomic mass is 10.2.